The minimum Gasteiger partial charge on any atom is -0.497 e. The molecule has 31 heavy (non-hydrogen) atoms. The molecule has 0 bridgehead atoms. The fraction of sp³-hybridized carbons (Fsp3) is 0.458. The molecule has 0 radical (unpaired) electrons. The van der Waals surface area contributed by atoms with Crippen LogP contribution in [-0.2, 0) is 13.0 Å². The number of hydrogen-bond acceptors (Lipinski definition) is 5. The molecule has 3 rings (SSSR count). The normalized spacial score (nSPS) is 16.7. The minimum absolute atomic E-state index is 0.0990. The van der Waals surface area contributed by atoms with Crippen LogP contribution >= 0.6 is 12.2 Å². The van der Waals surface area contributed by atoms with E-state index in [1.54, 1.807) is 21.3 Å². The van der Waals surface area contributed by atoms with Gasteiger partial charge in [-0.05, 0) is 73.4 Å². The molecule has 0 amide bonds. The van der Waals surface area contributed by atoms with E-state index in [1.807, 2.05) is 19.1 Å². The third-order valence-electron chi connectivity index (χ3n) is 5.74. The summed E-state index contributed by atoms with van der Waals surface area (Å²) in [4.78, 5) is 2.50. The second kappa shape index (κ2) is 10.7. The first-order valence-electron chi connectivity index (χ1n) is 10.7. The van der Waals surface area contributed by atoms with Crippen molar-refractivity contribution < 1.29 is 14.2 Å². The van der Waals surface area contributed by atoms with Crippen LogP contribution in [0.25, 0.3) is 0 Å². The largest absolute Gasteiger partial charge is 0.497 e. The van der Waals surface area contributed by atoms with Gasteiger partial charge in [-0.25, -0.2) is 0 Å². The monoisotopic (exact) mass is 443 g/mol. The van der Waals surface area contributed by atoms with Gasteiger partial charge >= 0.3 is 0 Å². The standard InChI is InChI=1S/C24H33N3O3S/c1-6-25-24(31)26-16(2)23-20-14-22(30-5)21(29-4)13-18(20)11-12-27(23)15-17-7-9-19(28-3)10-8-17/h7-10,13-14,16,23H,6,11-12,15H2,1-5H3,(H2,25,26,31). The molecule has 0 saturated carbocycles. The van der Waals surface area contributed by atoms with E-state index in [4.69, 9.17) is 26.4 Å². The number of fused-ring (bicyclic) bond motifs is 1. The van der Waals surface area contributed by atoms with Crippen molar-refractivity contribution in [2.45, 2.75) is 38.9 Å². The molecule has 1 aliphatic rings. The molecule has 2 atom stereocenters. The Hall–Kier alpha value is -2.51. The number of hydrogen-bond donors (Lipinski definition) is 2. The van der Waals surface area contributed by atoms with E-state index in [2.05, 4.69) is 46.7 Å². The minimum atomic E-state index is 0.0990. The number of nitrogens with one attached hydrogen (secondary N) is 2. The van der Waals surface area contributed by atoms with Gasteiger partial charge in [-0.2, -0.15) is 0 Å². The summed E-state index contributed by atoms with van der Waals surface area (Å²) >= 11 is 5.48. The molecule has 0 aliphatic carbocycles. The van der Waals surface area contributed by atoms with Crippen molar-refractivity contribution in [1.82, 2.24) is 15.5 Å². The van der Waals surface area contributed by atoms with Gasteiger partial charge in [-0.1, -0.05) is 12.1 Å². The molecular formula is C24H33N3O3S. The smallest absolute Gasteiger partial charge is 0.166 e. The van der Waals surface area contributed by atoms with Gasteiger partial charge in [0.15, 0.2) is 16.6 Å². The van der Waals surface area contributed by atoms with Crippen molar-refractivity contribution in [2.75, 3.05) is 34.4 Å². The molecule has 0 spiro atoms. The van der Waals surface area contributed by atoms with Crippen molar-refractivity contribution >= 4 is 17.3 Å². The van der Waals surface area contributed by atoms with E-state index in [1.165, 1.54) is 16.7 Å². The molecule has 0 saturated heterocycles. The summed E-state index contributed by atoms with van der Waals surface area (Å²) < 4.78 is 16.5. The van der Waals surface area contributed by atoms with Gasteiger partial charge in [0.25, 0.3) is 0 Å². The lowest BCUT2D eigenvalue weighted by Crippen LogP contribution is -2.49. The van der Waals surface area contributed by atoms with E-state index in [-0.39, 0.29) is 12.1 Å². The number of rotatable bonds is 8. The quantitative estimate of drug-likeness (QED) is 0.604. The zero-order valence-electron chi connectivity index (χ0n) is 19.0. The SMILES string of the molecule is CCNC(=S)NC(C)C1c2cc(OC)c(OC)cc2CCN1Cc1ccc(OC)cc1. The lowest BCUT2D eigenvalue weighted by atomic mass is 9.87. The van der Waals surface area contributed by atoms with Crippen molar-refractivity contribution in [2.24, 2.45) is 0 Å². The van der Waals surface area contributed by atoms with Gasteiger partial charge in [0.2, 0.25) is 0 Å². The van der Waals surface area contributed by atoms with Gasteiger partial charge in [-0.3, -0.25) is 4.90 Å². The van der Waals surface area contributed by atoms with E-state index in [9.17, 15) is 0 Å². The van der Waals surface area contributed by atoms with Crippen molar-refractivity contribution in [3.05, 3.63) is 53.1 Å². The van der Waals surface area contributed by atoms with Crippen molar-refractivity contribution in [3.8, 4) is 17.2 Å². The molecule has 0 aromatic heterocycles. The Bertz CT molecular complexity index is 888. The molecular weight excluding hydrogens is 410 g/mol. The maximum Gasteiger partial charge on any atom is 0.166 e. The highest BCUT2D eigenvalue weighted by molar-refractivity contribution is 7.80. The molecule has 2 aromatic rings. The maximum atomic E-state index is 5.61. The van der Waals surface area contributed by atoms with Crippen LogP contribution in [0, 0.1) is 0 Å². The Morgan fingerprint density at radius 1 is 1.10 bits per heavy atom. The van der Waals surface area contributed by atoms with E-state index in [0.29, 0.717) is 5.11 Å². The van der Waals surface area contributed by atoms with Gasteiger partial charge in [0.05, 0.1) is 27.4 Å². The van der Waals surface area contributed by atoms with Crippen LogP contribution in [0.1, 0.15) is 36.6 Å². The summed E-state index contributed by atoms with van der Waals surface area (Å²) in [5.74, 6) is 2.39. The Labute approximate surface area is 190 Å². The first-order chi connectivity index (χ1) is 15.0. The number of ether oxygens (including phenoxy) is 3. The third-order valence-corrected chi connectivity index (χ3v) is 6.00. The van der Waals surface area contributed by atoms with Crippen molar-refractivity contribution in [1.29, 1.82) is 0 Å². The van der Waals surface area contributed by atoms with E-state index >= 15 is 0 Å². The highest BCUT2D eigenvalue weighted by Gasteiger charge is 2.33. The van der Waals surface area contributed by atoms with Crippen molar-refractivity contribution in [3.63, 3.8) is 0 Å². The van der Waals surface area contributed by atoms with E-state index in [0.717, 1.165) is 43.3 Å². The van der Waals surface area contributed by atoms with Gasteiger partial charge in [-0.15, -0.1) is 0 Å². The van der Waals surface area contributed by atoms with Crippen LogP contribution < -0.4 is 24.8 Å². The Balaban J connectivity index is 1.95. The lowest BCUT2D eigenvalue weighted by Gasteiger charge is -2.41. The Kier molecular flexibility index (Phi) is 7.98. The number of nitrogens with zero attached hydrogens (tertiary/aromatic N) is 1. The van der Waals surface area contributed by atoms with Crippen LogP contribution in [0.15, 0.2) is 36.4 Å². The first-order valence-corrected chi connectivity index (χ1v) is 11.1. The predicted molar refractivity (Wildman–Crippen MR) is 128 cm³/mol. The molecule has 0 fully saturated rings. The molecule has 2 aromatic carbocycles. The molecule has 7 heteroatoms. The first kappa shape index (κ1) is 23.2. The zero-order chi connectivity index (χ0) is 22.4. The number of benzene rings is 2. The fourth-order valence-corrected chi connectivity index (χ4v) is 4.58. The average Bonchev–Trinajstić information content (AvgIpc) is 2.78. The summed E-state index contributed by atoms with van der Waals surface area (Å²) in [6.45, 7) is 6.80. The summed E-state index contributed by atoms with van der Waals surface area (Å²) in [6, 6.07) is 12.7. The zero-order valence-corrected chi connectivity index (χ0v) is 19.8. The topological polar surface area (TPSA) is 55.0 Å². The molecule has 1 aliphatic heterocycles. The summed E-state index contributed by atoms with van der Waals surface area (Å²) in [5, 5.41) is 7.35. The summed E-state index contributed by atoms with van der Waals surface area (Å²) in [6.07, 6.45) is 0.951. The number of thiocarbonyl (C=S) groups is 1. The maximum absolute atomic E-state index is 5.61. The molecule has 2 N–H and O–H groups in total. The highest BCUT2D eigenvalue weighted by Crippen LogP contribution is 2.40. The fourth-order valence-electron chi connectivity index (χ4n) is 4.25. The van der Waals surface area contributed by atoms with E-state index < -0.39 is 0 Å². The van der Waals surface area contributed by atoms with Crippen LogP contribution in [-0.4, -0.2) is 50.5 Å². The Morgan fingerprint density at radius 3 is 2.39 bits per heavy atom. The van der Waals surface area contributed by atoms with Crippen LogP contribution in [0.4, 0.5) is 0 Å². The average molecular weight is 444 g/mol. The molecule has 2 unspecified atom stereocenters. The Morgan fingerprint density at radius 2 is 1.77 bits per heavy atom. The van der Waals surface area contributed by atoms with Gasteiger partial charge in [0.1, 0.15) is 5.75 Å². The predicted octanol–water partition coefficient (Wildman–Crippen LogP) is 3.68. The van der Waals surface area contributed by atoms with Crippen LogP contribution in [0.5, 0.6) is 17.2 Å². The molecule has 1 heterocycles. The number of methoxy groups -OCH3 is 3. The molecule has 168 valence electrons. The second-order valence-electron chi connectivity index (χ2n) is 7.71. The third kappa shape index (κ3) is 5.40. The second-order valence-corrected chi connectivity index (χ2v) is 8.12. The van der Waals surface area contributed by atoms with Gasteiger partial charge in [0, 0.05) is 25.7 Å². The lowest BCUT2D eigenvalue weighted by molar-refractivity contribution is 0.149. The summed E-state index contributed by atoms with van der Waals surface area (Å²) in [7, 11) is 5.05. The summed E-state index contributed by atoms with van der Waals surface area (Å²) in [5.41, 5.74) is 3.78. The highest BCUT2D eigenvalue weighted by atomic mass is 32.1. The van der Waals surface area contributed by atoms with Gasteiger partial charge < -0.3 is 24.8 Å². The molecule has 6 nitrogen and oxygen atoms in total. The van der Waals surface area contributed by atoms with Crippen LogP contribution in [0.3, 0.4) is 0 Å². The van der Waals surface area contributed by atoms with Crippen LogP contribution in [0.2, 0.25) is 0 Å².